The molecule has 0 amide bonds. The van der Waals surface area contributed by atoms with Crippen LogP contribution >= 0.6 is 15.9 Å². The molecule has 2 unspecified atom stereocenters. The number of benzene rings is 1. The Morgan fingerprint density at radius 3 is 3.06 bits per heavy atom. The minimum Gasteiger partial charge on any atom is -0.380 e. The first kappa shape index (κ1) is 13.6. The van der Waals surface area contributed by atoms with Crippen LogP contribution in [0.3, 0.4) is 0 Å². The van der Waals surface area contributed by atoms with Crippen LogP contribution in [0.5, 0.6) is 0 Å². The van der Waals surface area contributed by atoms with E-state index in [-0.39, 0.29) is 30.2 Å². The summed E-state index contributed by atoms with van der Waals surface area (Å²) in [5.74, 6) is -0.334. The Kier molecular flexibility index (Phi) is 4.48. The summed E-state index contributed by atoms with van der Waals surface area (Å²) >= 11 is 3.28. The largest absolute Gasteiger partial charge is 0.380 e. The summed E-state index contributed by atoms with van der Waals surface area (Å²) in [6.45, 7) is 0.674. The van der Waals surface area contributed by atoms with Crippen molar-refractivity contribution in [3.63, 3.8) is 0 Å². The Morgan fingerprint density at radius 2 is 2.39 bits per heavy atom. The number of ether oxygens (including phenoxy) is 1. The molecule has 0 radical (unpaired) electrons. The van der Waals surface area contributed by atoms with Gasteiger partial charge < -0.3 is 10.1 Å². The lowest BCUT2D eigenvalue weighted by molar-refractivity contribution is -0.120. The molecule has 0 saturated carbocycles. The summed E-state index contributed by atoms with van der Waals surface area (Å²) in [5.41, 5.74) is 0.428. The van der Waals surface area contributed by atoms with Gasteiger partial charge in [0.05, 0.1) is 12.1 Å². The number of hydrogen-bond acceptors (Lipinski definition) is 3. The molecule has 0 aromatic heterocycles. The van der Waals surface area contributed by atoms with Crippen molar-refractivity contribution < 1.29 is 13.9 Å². The highest BCUT2D eigenvalue weighted by atomic mass is 79.9. The maximum atomic E-state index is 13.5. The lowest BCUT2D eigenvalue weighted by Gasteiger charge is -2.10. The van der Waals surface area contributed by atoms with Gasteiger partial charge in [-0.25, -0.2) is 4.39 Å². The first-order valence-corrected chi connectivity index (χ1v) is 6.62. The molecule has 1 aliphatic heterocycles. The highest BCUT2D eigenvalue weighted by Gasteiger charge is 2.29. The van der Waals surface area contributed by atoms with Crippen LogP contribution in [0.15, 0.2) is 22.7 Å². The van der Waals surface area contributed by atoms with Crippen LogP contribution in [0, 0.1) is 5.82 Å². The van der Waals surface area contributed by atoms with Gasteiger partial charge in [0.15, 0.2) is 5.78 Å². The van der Waals surface area contributed by atoms with Gasteiger partial charge >= 0.3 is 0 Å². The van der Waals surface area contributed by atoms with Gasteiger partial charge in [0, 0.05) is 24.5 Å². The van der Waals surface area contributed by atoms with E-state index < -0.39 is 0 Å². The highest BCUT2D eigenvalue weighted by Crippen LogP contribution is 2.18. The molecule has 1 heterocycles. The molecule has 1 saturated heterocycles. The number of ketones is 1. The molecule has 0 spiro atoms. The van der Waals surface area contributed by atoms with Crippen LogP contribution in [-0.4, -0.2) is 31.6 Å². The number of methoxy groups -OCH3 is 1. The third kappa shape index (κ3) is 3.16. The van der Waals surface area contributed by atoms with E-state index in [9.17, 15) is 9.18 Å². The van der Waals surface area contributed by atoms with E-state index in [1.165, 1.54) is 6.07 Å². The monoisotopic (exact) mass is 315 g/mol. The van der Waals surface area contributed by atoms with Crippen molar-refractivity contribution in [3.8, 4) is 0 Å². The smallest absolute Gasteiger partial charge is 0.154 e. The van der Waals surface area contributed by atoms with E-state index >= 15 is 0 Å². The third-order valence-corrected chi connectivity index (χ3v) is 3.68. The first-order chi connectivity index (χ1) is 8.60. The minimum absolute atomic E-state index is 0.00606. The second-order valence-electron chi connectivity index (χ2n) is 4.43. The van der Waals surface area contributed by atoms with Crippen LogP contribution in [0.1, 0.15) is 12.0 Å². The van der Waals surface area contributed by atoms with E-state index in [2.05, 4.69) is 21.2 Å². The Hall–Kier alpha value is -0.780. The molecule has 1 aliphatic rings. The zero-order valence-electron chi connectivity index (χ0n) is 10.1. The molecule has 1 fully saturated rings. The van der Waals surface area contributed by atoms with Crippen molar-refractivity contribution in [2.24, 2.45) is 0 Å². The van der Waals surface area contributed by atoms with Crippen molar-refractivity contribution >= 4 is 21.7 Å². The minimum atomic E-state index is -0.340. The first-order valence-electron chi connectivity index (χ1n) is 5.83. The summed E-state index contributed by atoms with van der Waals surface area (Å²) in [6.07, 6.45) is 0.843. The molecule has 1 aromatic rings. The van der Waals surface area contributed by atoms with Gasteiger partial charge in [0.25, 0.3) is 0 Å². The van der Waals surface area contributed by atoms with Gasteiger partial charge in [-0.3, -0.25) is 4.79 Å². The van der Waals surface area contributed by atoms with Crippen molar-refractivity contribution in [3.05, 3.63) is 34.1 Å². The van der Waals surface area contributed by atoms with Crippen molar-refractivity contribution in [2.45, 2.75) is 25.0 Å². The van der Waals surface area contributed by atoms with Gasteiger partial charge in [0.2, 0.25) is 0 Å². The van der Waals surface area contributed by atoms with Crippen LogP contribution in [-0.2, 0) is 16.0 Å². The average Bonchev–Trinajstić information content (AvgIpc) is 2.82. The van der Waals surface area contributed by atoms with Crippen LogP contribution in [0.2, 0.25) is 0 Å². The quantitative estimate of drug-likeness (QED) is 0.924. The van der Waals surface area contributed by atoms with Crippen LogP contribution in [0.4, 0.5) is 4.39 Å². The molecule has 2 atom stereocenters. The topological polar surface area (TPSA) is 38.3 Å². The fourth-order valence-corrected chi connectivity index (χ4v) is 2.53. The number of Topliss-reactive ketones (excluding diaryl/α,β-unsaturated/α-hetero) is 1. The van der Waals surface area contributed by atoms with Gasteiger partial charge in [-0.15, -0.1) is 0 Å². The third-order valence-electron chi connectivity index (χ3n) is 3.18. The summed E-state index contributed by atoms with van der Waals surface area (Å²) in [4.78, 5) is 12.0. The normalized spacial score (nSPS) is 23.3. The van der Waals surface area contributed by atoms with Crippen LogP contribution in [0.25, 0.3) is 0 Å². The van der Waals surface area contributed by atoms with Crippen molar-refractivity contribution in [1.82, 2.24) is 5.32 Å². The predicted octanol–water partition coefficient (Wildman–Crippen LogP) is 2.08. The number of halogens is 2. The fraction of sp³-hybridized carbons (Fsp3) is 0.462. The van der Waals surface area contributed by atoms with E-state index in [4.69, 9.17) is 4.74 Å². The molecule has 98 valence electrons. The van der Waals surface area contributed by atoms with Gasteiger partial charge in [-0.2, -0.15) is 0 Å². The highest BCUT2D eigenvalue weighted by molar-refractivity contribution is 9.10. The molecule has 1 aromatic carbocycles. The lowest BCUT2D eigenvalue weighted by Crippen LogP contribution is -2.32. The lowest BCUT2D eigenvalue weighted by atomic mass is 10.0. The van der Waals surface area contributed by atoms with E-state index in [1.807, 2.05) is 0 Å². The summed E-state index contributed by atoms with van der Waals surface area (Å²) in [7, 11) is 1.63. The van der Waals surface area contributed by atoms with Gasteiger partial charge in [0.1, 0.15) is 5.82 Å². The fourth-order valence-electron chi connectivity index (χ4n) is 2.12. The maximum absolute atomic E-state index is 13.5. The Morgan fingerprint density at radius 1 is 1.61 bits per heavy atom. The Balaban J connectivity index is 2.01. The SMILES string of the molecule is COC1CNC(C(=O)Cc2cc(Br)ccc2F)C1. The molecule has 5 heteroatoms. The molecule has 2 rings (SSSR count). The van der Waals surface area contributed by atoms with Crippen molar-refractivity contribution in [1.29, 1.82) is 0 Å². The van der Waals surface area contributed by atoms with E-state index in [1.54, 1.807) is 19.2 Å². The molecule has 0 aliphatic carbocycles. The van der Waals surface area contributed by atoms with Gasteiger partial charge in [-0.1, -0.05) is 15.9 Å². The summed E-state index contributed by atoms with van der Waals surface area (Å²) in [6, 6.07) is 4.41. The van der Waals surface area contributed by atoms with Crippen LogP contribution < -0.4 is 5.32 Å². The maximum Gasteiger partial charge on any atom is 0.154 e. The molecular weight excluding hydrogens is 301 g/mol. The second-order valence-corrected chi connectivity index (χ2v) is 5.35. The number of rotatable bonds is 4. The summed E-state index contributed by atoms with van der Waals surface area (Å²) < 4.78 is 19.5. The average molecular weight is 316 g/mol. The Bertz CT molecular complexity index is 453. The van der Waals surface area contributed by atoms with Gasteiger partial charge in [-0.05, 0) is 30.2 Å². The standard InChI is InChI=1S/C13H15BrFNO2/c1-18-10-6-12(16-7-10)13(17)5-8-4-9(14)2-3-11(8)15/h2-4,10,12,16H,5-7H2,1H3. The van der Waals surface area contributed by atoms with E-state index in [0.717, 1.165) is 4.47 Å². The zero-order chi connectivity index (χ0) is 13.1. The Labute approximate surface area is 114 Å². The number of carbonyl (C=O) groups excluding carboxylic acids is 1. The molecule has 3 nitrogen and oxygen atoms in total. The van der Waals surface area contributed by atoms with Crippen molar-refractivity contribution in [2.75, 3.05) is 13.7 Å². The molecule has 18 heavy (non-hydrogen) atoms. The number of hydrogen-bond donors (Lipinski definition) is 1. The molecule has 0 bridgehead atoms. The number of nitrogens with one attached hydrogen (secondary N) is 1. The summed E-state index contributed by atoms with van der Waals surface area (Å²) in [5, 5.41) is 3.10. The predicted molar refractivity (Wildman–Crippen MR) is 70.0 cm³/mol. The molecule has 1 N–H and O–H groups in total. The second kappa shape index (κ2) is 5.91. The number of carbonyl (C=O) groups is 1. The zero-order valence-corrected chi connectivity index (χ0v) is 11.7. The van der Waals surface area contributed by atoms with E-state index in [0.29, 0.717) is 18.5 Å². The molecular formula is C13H15BrFNO2.